The zero-order chi connectivity index (χ0) is 37.3. The molecular formula is C35H34O17. The second-order valence-electron chi connectivity index (χ2n) is 12.1. The van der Waals surface area contributed by atoms with E-state index in [4.69, 9.17) is 32.8 Å². The summed E-state index contributed by atoms with van der Waals surface area (Å²) in [5.74, 6) is -2.59. The number of aromatic hydroxyl groups is 4. The molecule has 0 radical (unpaired) electrons. The van der Waals surface area contributed by atoms with Gasteiger partial charge in [-0.25, -0.2) is 4.79 Å². The SMILES string of the molecule is COc1cc(C=CC(=O)OC[C@@]2(O)CO[C@@H](O[C@H]3[C@H](Oc4cc5c(O)cc(=O)cc-5oc4-c4ccc(O)c(O)c4)OC[C@@H](O)[C@@H]3O)[C@@H]2O)ccc1O. The van der Waals surface area contributed by atoms with E-state index in [1.54, 1.807) is 0 Å². The summed E-state index contributed by atoms with van der Waals surface area (Å²) in [6, 6.07) is 11.4. The molecule has 8 N–H and O–H groups in total. The van der Waals surface area contributed by atoms with E-state index >= 15 is 0 Å². The lowest BCUT2D eigenvalue weighted by Gasteiger charge is -2.39. The minimum absolute atomic E-state index is 0.0296. The normalized spacial score (nSPS) is 26.1. The van der Waals surface area contributed by atoms with Crippen LogP contribution in [0, 0.1) is 0 Å². The van der Waals surface area contributed by atoms with Gasteiger partial charge in [-0.05, 0) is 48.0 Å². The topological polar surface area (TPSA) is 264 Å². The molecule has 276 valence electrons. The fourth-order valence-electron chi connectivity index (χ4n) is 5.52. The molecule has 1 aliphatic carbocycles. The molecule has 0 unspecified atom stereocenters. The number of carbonyl (C=O) groups is 1. The van der Waals surface area contributed by atoms with E-state index in [9.17, 15) is 50.4 Å². The van der Waals surface area contributed by atoms with E-state index in [-0.39, 0.29) is 39.9 Å². The van der Waals surface area contributed by atoms with Crippen LogP contribution in [0.15, 0.2) is 69.9 Å². The van der Waals surface area contributed by atoms with Gasteiger partial charge in [0, 0.05) is 23.8 Å². The summed E-state index contributed by atoms with van der Waals surface area (Å²) >= 11 is 0. The molecule has 3 heterocycles. The van der Waals surface area contributed by atoms with Crippen LogP contribution in [0.3, 0.4) is 0 Å². The number of fused-ring (bicyclic) bond motifs is 1. The number of benzene rings is 3. The van der Waals surface area contributed by atoms with Crippen molar-refractivity contribution >= 4 is 12.0 Å². The van der Waals surface area contributed by atoms with Crippen molar-refractivity contribution in [3.63, 3.8) is 0 Å². The smallest absolute Gasteiger partial charge is 0.330 e. The Labute approximate surface area is 293 Å². The quantitative estimate of drug-likeness (QED) is 0.0638. The van der Waals surface area contributed by atoms with Crippen molar-refractivity contribution in [2.45, 2.75) is 42.6 Å². The Morgan fingerprint density at radius 2 is 1.67 bits per heavy atom. The molecule has 0 spiro atoms. The number of aliphatic hydroxyl groups excluding tert-OH is 3. The molecule has 2 fully saturated rings. The van der Waals surface area contributed by atoms with Crippen LogP contribution in [0.25, 0.3) is 28.7 Å². The van der Waals surface area contributed by atoms with E-state index in [2.05, 4.69) is 0 Å². The molecule has 52 heavy (non-hydrogen) atoms. The van der Waals surface area contributed by atoms with Gasteiger partial charge < -0.3 is 73.7 Å². The van der Waals surface area contributed by atoms with Gasteiger partial charge in [-0.1, -0.05) is 6.07 Å². The largest absolute Gasteiger partial charge is 0.507 e. The molecule has 2 saturated heterocycles. The van der Waals surface area contributed by atoms with E-state index < -0.39 is 91.1 Å². The highest BCUT2D eigenvalue weighted by Gasteiger charge is 2.53. The van der Waals surface area contributed by atoms with Crippen LogP contribution in [0.4, 0.5) is 0 Å². The Hall–Kier alpha value is -5.40. The molecule has 3 aliphatic heterocycles. The average molecular weight is 727 g/mol. The van der Waals surface area contributed by atoms with Gasteiger partial charge >= 0.3 is 5.97 Å². The van der Waals surface area contributed by atoms with E-state index in [1.165, 1.54) is 49.6 Å². The number of carbonyl (C=O) groups excluding carboxylic acids is 1. The monoisotopic (exact) mass is 726 g/mol. The summed E-state index contributed by atoms with van der Waals surface area (Å²) in [4.78, 5) is 24.5. The third kappa shape index (κ3) is 7.46. The predicted molar refractivity (Wildman–Crippen MR) is 175 cm³/mol. The minimum Gasteiger partial charge on any atom is -0.507 e. The highest BCUT2D eigenvalue weighted by atomic mass is 16.8. The molecule has 7 atom stereocenters. The summed E-state index contributed by atoms with van der Waals surface area (Å²) in [6.45, 7) is -1.77. The molecule has 0 saturated carbocycles. The van der Waals surface area contributed by atoms with Crippen LogP contribution in [0.1, 0.15) is 5.56 Å². The highest BCUT2D eigenvalue weighted by molar-refractivity contribution is 5.87. The maximum atomic E-state index is 12.4. The molecular weight excluding hydrogens is 692 g/mol. The van der Waals surface area contributed by atoms with E-state index in [0.29, 0.717) is 5.56 Å². The first-order valence-electron chi connectivity index (χ1n) is 15.6. The summed E-state index contributed by atoms with van der Waals surface area (Å²) in [6.07, 6.45) is -7.51. The van der Waals surface area contributed by atoms with E-state index in [0.717, 1.165) is 24.3 Å². The lowest BCUT2D eigenvalue weighted by molar-refractivity contribution is -0.297. The van der Waals surface area contributed by atoms with Crippen LogP contribution in [-0.2, 0) is 23.7 Å². The van der Waals surface area contributed by atoms with Gasteiger partial charge in [-0.3, -0.25) is 4.79 Å². The number of rotatable bonds is 10. The van der Waals surface area contributed by atoms with Crippen molar-refractivity contribution in [3.8, 4) is 57.1 Å². The van der Waals surface area contributed by atoms with Crippen molar-refractivity contribution < 1.29 is 78.5 Å². The number of hydrogen-bond donors (Lipinski definition) is 8. The summed E-state index contributed by atoms with van der Waals surface area (Å²) in [5.41, 5.74) is -2.08. The Bertz CT molecular complexity index is 1990. The molecule has 0 amide bonds. The second kappa shape index (κ2) is 14.7. The molecule has 17 heteroatoms. The lowest BCUT2D eigenvalue weighted by Crippen LogP contribution is -2.58. The molecule has 2 aromatic rings. The maximum Gasteiger partial charge on any atom is 0.330 e. The van der Waals surface area contributed by atoms with Crippen LogP contribution in [-0.4, -0.2) is 116 Å². The molecule has 0 aromatic heterocycles. The molecule has 2 aromatic carbocycles. The Morgan fingerprint density at radius 1 is 0.904 bits per heavy atom. The molecule has 0 bridgehead atoms. The first-order chi connectivity index (χ1) is 24.8. The first kappa shape index (κ1) is 36.4. The van der Waals surface area contributed by atoms with Crippen LogP contribution < -0.4 is 14.9 Å². The van der Waals surface area contributed by atoms with Gasteiger partial charge in [0.2, 0.25) is 6.29 Å². The average Bonchev–Trinajstić information content (AvgIpc) is 3.40. The number of phenols is 4. The molecule has 4 aliphatic rings. The van der Waals surface area contributed by atoms with Crippen molar-refractivity contribution in [3.05, 3.63) is 76.5 Å². The third-order valence-corrected chi connectivity index (χ3v) is 8.39. The highest BCUT2D eigenvalue weighted by Crippen LogP contribution is 2.43. The van der Waals surface area contributed by atoms with Crippen LogP contribution >= 0.6 is 0 Å². The van der Waals surface area contributed by atoms with Gasteiger partial charge in [-0.15, -0.1) is 0 Å². The number of esters is 1. The summed E-state index contributed by atoms with van der Waals surface area (Å²) in [5, 5.41) is 83.6. The number of phenolic OH excluding ortho intramolecular Hbond substituents is 4. The standard InChI is InChI=1S/C35H34O17/c1-46-26-8-16(2-5-21(26)38)3-7-28(42)48-14-35(45)15-49-34(32(35)44)52-31-29(43)24(41)13-47-33(31)51-27-12-19-22(39)10-18(36)11-25(19)50-30(27)17-4-6-20(37)23(40)9-17/h2-12,24,29,31-34,37-41,43-45H,13-15H2,1H3/t24-,29+,31-,32+,33+,34+,35-/m1/s1. The van der Waals surface area contributed by atoms with Crippen molar-refractivity contribution in [2.24, 2.45) is 0 Å². The van der Waals surface area contributed by atoms with Crippen LogP contribution in [0.5, 0.6) is 34.5 Å². The van der Waals surface area contributed by atoms with Crippen molar-refractivity contribution in [2.75, 3.05) is 26.9 Å². The fourth-order valence-corrected chi connectivity index (χ4v) is 5.52. The fraction of sp³-hybridized carbons (Fsp3) is 0.314. The number of methoxy groups -OCH3 is 1. The number of ether oxygens (including phenoxy) is 6. The summed E-state index contributed by atoms with van der Waals surface area (Å²) in [7, 11) is 1.36. The minimum atomic E-state index is -2.17. The zero-order valence-electron chi connectivity index (χ0n) is 27.2. The Balaban J connectivity index is 1.20. The van der Waals surface area contributed by atoms with Gasteiger partial charge in [0.15, 0.2) is 57.9 Å². The molecule has 6 rings (SSSR count). The van der Waals surface area contributed by atoms with Gasteiger partial charge in [0.05, 0.1) is 25.9 Å². The van der Waals surface area contributed by atoms with Crippen LogP contribution in [0.2, 0.25) is 0 Å². The first-order valence-corrected chi connectivity index (χ1v) is 15.6. The lowest BCUT2D eigenvalue weighted by atomic mass is 10.0. The van der Waals surface area contributed by atoms with Crippen molar-refractivity contribution in [1.29, 1.82) is 0 Å². The van der Waals surface area contributed by atoms with Gasteiger partial charge in [-0.2, -0.15) is 0 Å². The third-order valence-electron chi connectivity index (χ3n) is 8.39. The number of aliphatic hydroxyl groups is 4. The van der Waals surface area contributed by atoms with Gasteiger partial charge in [0.1, 0.15) is 36.4 Å². The summed E-state index contributed by atoms with van der Waals surface area (Å²) < 4.78 is 39.0. The Kier molecular flexibility index (Phi) is 10.3. The van der Waals surface area contributed by atoms with Gasteiger partial charge in [0.25, 0.3) is 0 Å². The Morgan fingerprint density at radius 3 is 2.42 bits per heavy atom. The molecule has 17 nitrogen and oxygen atoms in total. The number of hydrogen-bond acceptors (Lipinski definition) is 17. The maximum absolute atomic E-state index is 12.4. The van der Waals surface area contributed by atoms with E-state index in [1.807, 2.05) is 0 Å². The van der Waals surface area contributed by atoms with Crippen molar-refractivity contribution in [1.82, 2.24) is 0 Å². The zero-order valence-corrected chi connectivity index (χ0v) is 27.2. The second-order valence-corrected chi connectivity index (χ2v) is 12.1. The predicted octanol–water partition coefficient (Wildman–Crippen LogP) is 0.790.